The van der Waals surface area contributed by atoms with Gasteiger partial charge in [-0.2, -0.15) is 0 Å². The summed E-state index contributed by atoms with van der Waals surface area (Å²) < 4.78 is 19.2. The molecule has 3 aromatic rings. The number of halogens is 1. The number of hydrogen-bond donors (Lipinski definition) is 1. The Labute approximate surface area is 167 Å². The minimum atomic E-state index is -0.566. The molecule has 0 bridgehead atoms. The molecule has 1 aliphatic heterocycles. The summed E-state index contributed by atoms with van der Waals surface area (Å²) in [4.78, 5) is 34.2. The molecule has 0 spiro atoms. The number of ether oxygens (including phenoxy) is 1. The number of rotatable bonds is 4. The van der Waals surface area contributed by atoms with Crippen molar-refractivity contribution in [2.45, 2.75) is 19.4 Å². The average Bonchev–Trinajstić information content (AvgIpc) is 2.73. The molecular weight excluding hydrogens is 373 g/mol. The van der Waals surface area contributed by atoms with Gasteiger partial charge in [-0.05, 0) is 29.8 Å². The molecule has 0 fully saturated rings. The molecule has 1 amide bonds. The number of H-pyrrole nitrogens is 1. The van der Waals surface area contributed by atoms with Crippen LogP contribution in [0.2, 0.25) is 0 Å². The molecule has 0 aliphatic carbocycles. The lowest BCUT2D eigenvalue weighted by atomic mass is 10.0. The van der Waals surface area contributed by atoms with Gasteiger partial charge in [-0.1, -0.05) is 24.3 Å². The normalized spacial score (nSPS) is 13.1. The van der Waals surface area contributed by atoms with E-state index in [9.17, 15) is 14.0 Å². The topological polar surface area (TPSA) is 75.3 Å². The molecule has 6 nitrogen and oxygen atoms in total. The number of fused-ring (bicyclic) bond motifs is 1. The van der Waals surface area contributed by atoms with E-state index >= 15 is 0 Å². The van der Waals surface area contributed by atoms with Crippen molar-refractivity contribution in [1.82, 2.24) is 14.9 Å². The zero-order valence-electron chi connectivity index (χ0n) is 15.9. The second-order valence-corrected chi connectivity index (χ2v) is 6.92. The number of hydrogen-bond acceptors (Lipinski definition) is 4. The van der Waals surface area contributed by atoms with Crippen molar-refractivity contribution in [1.29, 1.82) is 0 Å². The van der Waals surface area contributed by atoms with Crippen molar-refractivity contribution < 1.29 is 13.9 Å². The van der Waals surface area contributed by atoms with Crippen LogP contribution in [-0.4, -0.2) is 34.4 Å². The van der Waals surface area contributed by atoms with Crippen LogP contribution in [0.5, 0.6) is 5.75 Å². The maximum Gasteiger partial charge on any atom is 0.257 e. The van der Waals surface area contributed by atoms with Crippen LogP contribution in [-0.2, 0) is 19.4 Å². The Kier molecular flexibility index (Phi) is 5.12. The van der Waals surface area contributed by atoms with E-state index < -0.39 is 11.7 Å². The lowest BCUT2D eigenvalue weighted by molar-refractivity contribution is 0.0727. The molecule has 2 heterocycles. The predicted octanol–water partition coefficient (Wildman–Crippen LogP) is 2.71. The van der Waals surface area contributed by atoms with Gasteiger partial charge in [0.15, 0.2) is 0 Å². The maximum absolute atomic E-state index is 13.9. The van der Waals surface area contributed by atoms with E-state index in [4.69, 9.17) is 4.74 Å². The average molecular weight is 393 g/mol. The molecule has 1 N–H and O–H groups in total. The number of carbonyl (C=O) groups is 1. The van der Waals surface area contributed by atoms with Gasteiger partial charge in [0.25, 0.3) is 11.5 Å². The minimum Gasteiger partial charge on any atom is -0.497 e. The molecule has 1 aliphatic rings. The van der Waals surface area contributed by atoms with Crippen LogP contribution in [0.1, 0.15) is 33.0 Å². The SMILES string of the molecule is COc1cccc(Cc2nc3c(c(=O)[nH]2)CN(C(=O)c2ccccc2F)CC3)c1. The summed E-state index contributed by atoms with van der Waals surface area (Å²) in [6, 6.07) is 13.4. The third-order valence-corrected chi connectivity index (χ3v) is 5.01. The van der Waals surface area contributed by atoms with Crippen molar-refractivity contribution >= 4 is 5.91 Å². The van der Waals surface area contributed by atoms with E-state index in [-0.39, 0.29) is 17.7 Å². The molecule has 2 aromatic carbocycles. The summed E-state index contributed by atoms with van der Waals surface area (Å²) >= 11 is 0. The highest BCUT2D eigenvalue weighted by Crippen LogP contribution is 2.19. The van der Waals surface area contributed by atoms with Gasteiger partial charge in [-0.25, -0.2) is 9.37 Å². The first-order valence-electron chi connectivity index (χ1n) is 9.33. The highest BCUT2D eigenvalue weighted by Gasteiger charge is 2.26. The van der Waals surface area contributed by atoms with Crippen molar-refractivity contribution in [3.8, 4) is 5.75 Å². The molecule has 7 heteroatoms. The number of benzene rings is 2. The Morgan fingerprint density at radius 3 is 2.86 bits per heavy atom. The largest absolute Gasteiger partial charge is 0.497 e. The monoisotopic (exact) mass is 393 g/mol. The quantitative estimate of drug-likeness (QED) is 0.740. The van der Waals surface area contributed by atoms with Gasteiger partial charge in [0, 0.05) is 19.4 Å². The summed E-state index contributed by atoms with van der Waals surface area (Å²) in [5, 5.41) is 0. The number of carbonyl (C=O) groups excluding carboxylic acids is 1. The van der Waals surface area contributed by atoms with Gasteiger partial charge in [0.1, 0.15) is 17.4 Å². The predicted molar refractivity (Wildman–Crippen MR) is 106 cm³/mol. The van der Waals surface area contributed by atoms with E-state index in [1.54, 1.807) is 13.2 Å². The van der Waals surface area contributed by atoms with Crippen molar-refractivity contribution in [2.75, 3.05) is 13.7 Å². The van der Waals surface area contributed by atoms with Gasteiger partial charge in [-0.3, -0.25) is 9.59 Å². The van der Waals surface area contributed by atoms with E-state index in [1.807, 2.05) is 24.3 Å². The molecule has 0 unspecified atom stereocenters. The second-order valence-electron chi connectivity index (χ2n) is 6.92. The molecule has 0 atom stereocenters. The zero-order valence-corrected chi connectivity index (χ0v) is 15.9. The lowest BCUT2D eigenvalue weighted by Gasteiger charge is -2.28. The molecule has 1 aromatic heterocycles. The molecular formula is C22H20FN3O3. The fourth-order valence-corrected chi connectivity index (χ4v) is 3.51. The maximum atomic E-state index is 13.9. The van der Waals surface area contributed by atoms with Gasteiger partial charge in [-0.15, -0.1) is 0 Å². The van der Waals surface area contributed by atoms with Crippen LogP contribution in [0.3, 0.4) is 0 Å². The Balaban J connectivity index is 1.56. The first-order valence-corrected chi connectivity index (χ1v) is 9.33. The highest BCUT2D eigenvalue weighted by molar-refractivity contribution is 5.94. The molecule has 29 heavy (non-hydrogen) atoms. The van der Waals surface area contributed by atoms with Gasteiger partial charge >= 0.3 is 0 Å². The number of aromatic amines is 1. The molecule has 148 valence electrons. The summed E-state index contributed by atoms with van der Waals surface area (Å²) in [7, 11) is 1.60. The van der Waals surface area contributed by atoms with Crippen molar-refractivity contribution in [2.24, 2.45) is 0 Å². The van der Waals surface area contributed by atoms with E-state index in [0.29, 0.717) is 36.5 Å². The van der Waals surface area contributed by atoms with Crippen LogP contribution < -0.4 is 10.3 Å². The number of methoxy groups -OCH3 is 1. The van der Waals surface area contributed by atoms with E-state index in [0.717, 1.165) is 11.3 Å². The summed E-state index contributed by atoms with van der Waals surface area (Å²) in [5.74, 6) is 0.318. The Morgan fingerprint density at radius 2 is 2.07 bits per heavy atom. The fraction of sp³-hybridized carbons (Fsp3) is 0.227. The van der Waals surface area contributed by atoms with Crippen molar-refractivity contribution in [3.05, 3.63) is 92.9 Å². The summed E-state index contributed by atoms with van der Waals surface area (Å²) in [6.45, 7) is 0.499. The number of amides is 1. The van der Waals surface area contributed by atoms with Crippen molar-refractivity contribution in [3.63, 3.8) is 0 Å². The number of nitrogens with zero attached hydrogens (tertiary/aromatic N) is 2. The molecule has 4 rings (SSSR count). The highest BCUT2D eigenvalue weighted by atomic mass is 19.1. The van der Waals surface area contributed by atoms with Crippen LogP contribution in [0.25, 0.3) is 0 Å². The second kappa shape index (κ2) is 7.87. The van der Waals surface area contributed by atoms with Crippen LogP contribution in [0.15, 0.2) is 53.3 Å². The Morgan fingerprint density at radius 1 is 1.24 bits per heavy atom. The van der Waals surface area contributed by atoms with Gasteiger partial charge in [0.2, 0.25) is 0 Å². The smallest absolute Gasteiger partial charge is 0.257 e. The van der Waals surface area contributed by atoms with Crippen LogP contribution in [0.4, 0.5) is 4.39 Å². The van der Waals surface area contributed by atoms with Crippen LogP contribution in [0, 0.1) is 5.82 Å². The van der Waals surface area contributed by atoms with E-state index in [1.165, 1.54) is 23.1 Å². The third kappa shape index (κ3) is 3.89. The first kappa shape index (κ1) is 18.9. The summed E-state index contributed by atoms with van der Waals surface area (Å²) in [6.07, 6.45) is 0.919. The van der Waals surface area contributed by atoms with Crippen LogP contribution >= 0.6 is 0 Å². The Bertz CT molecular complexity index is 1130. The number of nitrogens with one attached hydrogen (secondary N) is 1. The lowest BCUT2D eigenvalue weighted by Crippen LogP contribution is -2.40. The zero-order chi connectivity index (χ0) is 20.4. The first-order chi connectivity index (χ1) is 14.0. The molecule has 0 saturated heterocycles. The molecule has 0 radical (unpaired) electrons. The van der Waals surface area contributed by atoms with Gasteiger partial charge < -0.3 is 14.6 Å². The molecule has 0 saturated carbocycles. The third-order valence-electron chi connectivity index (χ3n) is 5.01. The van der Waals surface area contributed by atoms with E-state index in [2.05, 4.69) is 9.97 Å². The Hall–Kier alpha value is -3.48. The fourth-order valence-electron chi connectivity index (χ4n) is 3.51. The minimum absolute atomic E-state index is 0.00924. The van der Waals surface area contributed by atoms with Gasteiger partial charge in [0.05, 0.1) is 30.5 Å². The number of aromatic nitrogens is 2. The summed E-state index contributed by atoms with van der Waals surface area (Å²) in [5.41, 5.74) is 1.85. The standard InChI is InChI=1S/C22H20FN3O3/c1-29-15-6-4-5-14(11-15)12-20-24-19-9-10-26(13-17(19)21(27)25-20)22(28)16-7-2-3-8-18(16)23/h2-8,11H,9-10,12-13H2,1H3,(H,24,25,27).